The first-order valence-corrected chi connectivity index (χ1v) is 29.3. The Bertz CT molecular complexity index is 1720. The molecule has 0 aliphatic rings. The monoisotopic (exact) mass is 1010 g/mol. The van der Waals surface area contributed by atoms with Crippen LogP contribution >= 0.6 is 0 Å². The van der Waals surface area contributed by atoms with Crippen LogP contribution in [-0.2, 0) is 19.1 Å². The van der Waals surface area contributed by atoms with Gasteiger partial charge in [-0.3, -0.25) is 9.59 Å². The quantitative estimate of drug-likeness (QED) is 0.0373. The van der Waals surface area contributed by atoms with Crippen LogP contribution in [0.5, 0.6) is 0 Å². The maximum Gasteiger partial charge on any atom is 0.306 e. The lowest BCUT2D eigenvalue weighted by atomic mass is 10.1. The van der Waals surface area contributed by atoms with Gasteiger partial charge >= 0.3 is 11.9 Å². The molecule has 1 unspecified atom stereocenters. The van der Waals surface area contributed by atoms with Gasteiger partial charge in [-0.05, 0) is 135 Å². The average Bonchev–Trinajstić information content (AvgIpc) is 3.40. The number of hydrogen-bond acceptors (Lipinski definition) is 5. The Morgan fingerprint density at radius 3 is 0.811 bits per heavy atom. The van der Waals surface area contributed by atoms with E-state index in [0.717, 1.165) is 148 Å². The van der Waals surface area contributed by atoms with Crippen molar-refractivity contribution in [1.29, 1.82) is 0 Å². The zero-order valence-corrected chi connectivity index (χ0v) is 47.0. The van der Waals surface area contributed by atoms with Gasteiger partial charge < -0.3 is 14.6 Å². The number of aliphatic hydroxyl groups is 1. The van der Waals surface area contributed by atoms with Crippen LogP contribution < -0.4 is 0 Å². The summed E-state index contributed by atoms with van der Waals surface area (Å²) in [7, 11) is 0. The smallest absolute Gasteiger partial charge is 0.306 e. The van der Waals surface area contributed by atoms with Crippen molar-refractivity contribution in [3.8, 4) is 0 Å². The van der Waals surface area contributed by atoms with Crippen LogP contribution in [-0.4, -0.2) is 36.4 Å². The molecule has 0 aromatic heterocycles. The van der Waals surface area contributed by atoms with Gasteiger partial charge in [0.2, 0.25) is 0 Å². The first-order chi connectivity index (χ1) is 36.6. The molecule has 0 amide bonds. The van der Waals surface area contributed by atoms with Gasteiger partial charge in [0.05, 0.1) is 6.61 Å². The van der Waals surface area contributed by atoms with Gasteiger partial charge in [-0.15, -0.1) is 0 Å². The Balaban J connectivity index is 3.65. The average molecular weight is 1020 g/mol. The van der Waals surface area contributed by atoms with Crippen molar-refractivity contribution in [1.82, 2.24) is 0 Å². The van der Waals surface area contributed by atoms with E-state index in [-0.39, 0.29) is 25.2 Å². The zero-order valence-electron chi connectivity index (χ0n) is 47.0. The summed E-state index contributed by atoms with van der Waals surface area (Å²) >= 11 is 0. The molecule has 1 N–H and O–H groups in total. The highest BCUT2D eigenvalue weighted by Gasteiger charge is 2.16. The molecule has 5 nitrogen and oxygen atoms in total. The highest BCUT2D eigenvalue weighted by molar-refractivity contribution is 5.70. The van der Waals surface area contributed by atoms with E-state index in [2.05, 4.69) is 196 Å². The van der Waals surface area contributed by atoms with Gasteiger partial charge in [-0.25, -0.2) is 0 Å². The summed E-state index contributed by atoms with van der Waals surface area (Å²) < 4.78 is 10.7. The highest BCUT2D eigenvalue weighted by Crippen LogP contribution is 2.13. The molecule has 0 heterocycles. The van der Waals surface area contributed by atoms with Crippen molar-refractivity contribution in [3.05, 3.63) is 182 Å². The van der Waals surface area contributed by atoms with E-state index in [0.29, 0.717) is 12.8 Å². The number of carbonyl (C=O) groups excluding carboxylic acids is 2. The minimum Gasteiger partial charge on any atom is -0.462 e. The maximum absolute atomic E-state index is 12.3. The molecule has 0 saturated carbocycles. The summed E-state index contributed by atoms with van der Waals surface area (Å²) in [6, 6.07) is 0. The number of esters is 2. The second kappa shape index (κ2) is 62.3. The Morgan fingerprint density at radius 1 is 0.311 bits per heavy atom. The third-order valence-electron chi connectivity index (χ3n) is 11.7. The summed E-state index contributed by atoms with van der Waals surface area (Å²) in [5, 5.41) is 9.65. The SMILES string of the molecule is CC/C=C\C/C=C\C/C=C\C/C=C\C/C=C\C/C=C\C/C=C\C/C=C\C/C=C\C/C=C\C/C=C\CCCCCCCCCC(=O)OC(CO)COC(=O)CCCCCCCC/C=C\C/C=C\C/C=C\C/C=C\CC. The van der Waals surface area contributed by atoms with Crippen LogP contribution in [0.1, 0.15) is 219 Å². The van der Waals surface area contributed by atoms with Gasteiger partial charge in [0.15, 0.2) is 6.10 Å². The summed E-state index contributed by atoms with van der Waals surface area (Å²) in [6.45, 7) is 3.88. The fourth-order valence-electron chi connectivity index (χ4n) is 7.37. The lowest BCUT2D eigenvalue weighted by Gasteiger charge is -2.15. The summed E-state index contributed by atoms with van der Waals surface area (Å²) in [4.78, 5) is 24.5. The minimum atomic E-state index is -0.799. The molecule has 0 spiro atoms. The minimum absolute atomic E-state index is 0.0896. The van der Waals surface area contributed by atoms with Gasteiger partial charge in [0, 0.05) is 12.8 Å². The Labute approximate surface area is 455 Å². The van der Waals surface area contributed by atoms with Crippen molar-refractivity contribution in [2.45, 2.75) is 225 Å². The number of rotatable bonds is 51. The molecular weight excluding hydrogens is 909 g/mol. The maximum atomic E-state index is 12.3. The second-order valence-electron chi connectivity index (χ2n) is 18.6. The lowest BCUT2D eigenvalue weighted by Crippen LogP contribution is -2.28. The standard InChI is InChI=1S/C69H106O5/c1-3-5-7-9-11-13-15-17-19-21-23-24-25-26-27-28-29-30-31-32-33-34-35-36-37-38-39-40-41-42-43-44-46-48-50-52-54-56-58-60-62-64-69(72)74-67(65-70)66-73-68(71)63-61-59-57-55-53-51-49-47-45-22-20-18-16-14-12-10-8-6-4-2/h5-8,11-14,17-20,23-24,26-27,29-30,32-33,35-36,38-39,41-42,44-47,67,70H,3-4,9-10,15-16,21-22,25,28,31,34,37,40,43,48-66H2,1-2H3/b7-5-,8-6-,13-11-,14-12-,19-17-,20-18-,24-23-,27-26-,30-29-,33-32-,36-35-,39-38-,42-41-,46-44-,47-45-. The number of ether oxygens (including phenoxy) is 2. The second-order valence-corrected chi connectivity index (χ2v) is 18.6. The molecule has 0 bridgehead atoms. The van der Waals surface area contributed by atoms with Crippen molar-refractivity contribution in [3.63, 3.8) is 0 Å². The molecule has 0 rings (SSSR count). The highest BCUT2D eigenvalue weighted by atomic mass is 16.6. The van der Waals surface area contributed by atoms with E-state index < -0.39 is 6.10 Å². The van der Waals surface area contributed by atoms with Gasteiger partial charge in [0.1, 0.15) is 6.61 Å². The van der Waals surface area contributed by atoms with Crippen molar-refractivity contribution in [2.24, 2.45) is 0 Å². The molecule has 412 valence electrons. The topological polar surface area (TPSA) is 72.8 Å². The fourth-order valence-corrected chi connectivity index (χ4v) is 7.37. The molecule has 0 saturated heterocycles. The molecule has 0 radical (unpaired) electrons. The number of unbranched alkanes of at least 4 members (excludes halogenated alkanes) is 13. The van der Waals surface area contributed by atoms with Crippen LogP contribution in [0, 0.1) is 0 Å². The van der Waals surface area contributed by atoms with E-state index in [4.69, 9.17) is 9.47 Å². The molecule has 0 aliphatic carbocycles. The molecule has 74 heavy (non-hydrogen) atoms. The van der Waals surface area contributed by atoms with E-state index in [9.17, 15) is 14.7 Å². The summed E-state index contributed by atoms with van der Waals surface area (Å²) in [5.41, 5.74) is 0. The predicted octanol–water partition coefficient (Wildman–Crippen LogP) is 20.3. The Hall–Kier alpha value is -5.00. The van der Waals surface area contributed by atoms with Crippen LogP contribution in [0.4, 0.5) is 0 Å². The lowest BCUT2D eigenvalue weighted by molar-refractivity contribution is -0.161. The molecule has 0 aliphatic heterocycles. The largest absolute Gasteiger partial charge is 0.462 e. The van der Waals surface area contributed by atoms with Gasteiger partial charge in [-0.2, -0.15) is 0 Å². The van der Waals surface area contributed by atoms with Crippen molar-refractivity contribution >= 4 is 11.9 Å². The van der Waals surface area contributed by atoms with Crippen molar-refractivity contribution in [2.75, 3.05) is 13.2 Å². The third-order valence-corrected chi connectivity index (χ3v) is 11.7. The van der Waals surface area contributed by atoms with Crippen LogP contribution in [0.25, 0.3) is 0 Å². The zero-order chi connectivity index (χ0) is 53.4. The fraction of sp³-hybridized carbons (Fsp3) is 0.536. The molecule has 0 aromatic rings. The van der Waals surface area contributed by atoms with Gasteiger partial charge in [0.25, 0.3) is 0 Å². The van der Waals surface area contributed by atoms with Crippen LogP contribution in [0.15, 0.2) is 182 Å². The summed E-state index contributed by atoms with van der Waals surface area (Å²) in [6.07, 6.45) is 98.6. The normalized spacial score (nSPS) is 13.6. The molecule has 0 aromatic carbocycles. The van der Waals surface area contributed by atoms with Crippen LogP contribution in [0.3, 0.4) is 0 Å². The number of allylic oxidation sites excluding steroid dienone is 30. The number of hydrogen-bond donors (Lipinski definition) is 1. The molecule has 5 heteroatoms. The first-order valence-electron chi connectivity index (χ1n) is 29.3. The summed E-state index contributed by atoms with van der Waals surface area (Å²) in [5.74, 6) is -0.633. The van der Waals surface area contributed by atoms with E-state index >= 15 is 0 Å². The van der Waals surface area contributed by atoms with E-state index in [1.807, 2.05) is 0 Å². The third kappa shape index (κ3) is 59.6. The van der Waals surface area contributed by atoms with E-state index in [1.165, 1.54) is 44.9 Å². The van der Waals surface area contributed by atoms with Gasteiger partial charge in [-0.1, -0.05) is 254 Å². The van der Waals surface area contributed by atoms with Crippen LogP contribution in [0.2, 0.25) is 0 Å². The Kier molecular flexibility index (Phi) is 58.1. The number of aliphatic hydroxyl groups excluding tert-OH is 1. The molecular formula is C69H106O5. The Morgan fingerprint density at radius 2 is 0.541 bits per heavy atom. The van der Waals surface area contributed by atoms with Crippen molar-refractivity contribution < 1.29 is 24.2 Å². The molecule has 1 atom stereocenters. The number of carbonyl (C=O) groups is 2. The molecule has 0 fully saturated rings. The predicted molar refractivity (Wildman–Crippen MR) is 324 cm³/mol. The first kappa shape index (κ1) is 69.0. The van der Waals surface area contributed by atoms with E-state index in [1.54, 1.807) is 0 Å².